The molecule has 0 aromatic heterocycles. The normalized spacial score (nSPS) is 18.9. The van der Waals surface area contributed by atoms with E-state index >= 15 is 0 Å². The molecule has 2 rings (SSSR count). The Hall–Kier alpha value is -1.95. The molecule has 6 heteroatoms. The topological polar surface area (TPSA) is 44.4 Å². The van der Waals surface area contributed by atoms with Gasteiger partial charge in [0, 0.05) is 18.9 Å². The SMILES string of the molecule is CC(C)CC(C)c1ccccc1NC(=O)C1=CN(C)NC1C(F)F. The summed E-state index contributed by atoms with van der Waals surface area (Å²) in [6.45, 7) is 6.41. The number of carbonyl (C=O) groups is 1. The van der Waals surface area contributed by atoms with Crippen molar-refractivity contribution in [2.24, 2.45) is 5.92 Å². The van der Waals surface area contributed by atoms with Gasteiger partial charge < -0.3 is 10.3 Å². The smallest absolute Gasteiger partial charge is 0.259 e. The second-order valence-electron chi connectivity index (χ2n) is 6.71. The van der Waals surface area contributed by atoms with Crippen LogP contribution in [0.4, 0.5) is 14.5 Å². The fraction of sp³-hybridized carbons (Fsp3) is 0.500. The Labute approximate surface area is 141 Å². The van der Waals surface area contributed by atoms with Gasteiger partial charge in [-0.1, -0.05) is 39.0 Å². The standard InChI is InChI=1S/C18H25F2N3O/c1-11(2)9-12(3)13-7-5-6-8-15(13)21-18(24)14-10-23(4)22-16(14)17(19)20/h5-8,10-12,16-17,22H,9H2,1-4H3,(H,21,24). The molecule has 24 heavy (non-hydrogen) atoms. The number of hydrogen-bond donors (Lipinski definition) is 2. The Morgan fingerprint density at radius 2 is 1.96 bits per heavy atom. The average molecular weight is 337 g/mol. The number of para-hydroxylation sites is 1. The van der Waals surface area contributed by atoms with Crippen LogP contribution in [0.15, 0.2) is 36.0 Å². The van der Waals surface area contributed by atoms with Crippen LogP contribution in [-0.2, 0) is 4.79 Å². The maximum absolute atomic E-state index is 13.1. The van der Waals surface area contributed by atoms with Crippen molar-refractivity contribution in [3.05, 3.63) is 41.6 Å². The number of nitrogens with zero attached hydrogens (tertiary/aromatic N) is 1. The van der Waals surface area contributed by atoms with E-state index < -0.39 is 18.4 Å². The predicted octanol–water partition coefficient (Wildman–Crippen LogP) is 3.74. The van der Waals surface area contributed by atoms with Crippen LogP contribution < -0.4 is 10.7 Å². The summed E-state index contributed by atoms with van der Waals surface area (Å²) in [6.07, 6.45) is -0.256. The van der Waals surface area contributed by atoms with Crippen molar-refractivity contribution in [2.45, 2.75) is 45.6 Å². The number of carbonyl (C=O) groups excluding carboxylic acids is 1. The van der Waals surface area contributed by atoms with E-state index in [1.165, 1.54) is 11.2 Å². The molecule has 2 N–H and O–H groups in total. The van der Waals surface area contributed by atoms with Crippen LogP contribution >= 0.6 is 0 Å². The lowest BCUT2D eigenvalue weighted by Crippen LogP contribution is -2.40. The molecule has 0 saturated heterocycles. The van der Waals surface area contributed by atoms with Gasteiger partial charge in [0.2, 0.25) is 0 Å². The first-order valence-electron chi connectivity index (χ1n) is 8.18. The molecule has 1 aromatic rings. The highest BCUT2D eigenvalue weighted by Gasteiger charge is 2.34. The third kappa shape index (κ3) is 4.32. The second kappa shape index (κ2) is 7.75. The lowest BCUT2D eigenvalue weighted by Gasteiger charge is -2.20. The molecule has 1 aromatic carbocycles. The summed E-state index contributed by atoms with van der Waals surface area (Å²) in [4.78, 5) is 12.5. The lowest BCUT2D eigenvalue weighted by atomic mass is 9.91. The van der Waals surface area contributed by atoms with Crippen molar-refractivity contribution in [3.63, 3.8) is 0 Å². The molecule has 1 amide bonds. The van der Waals surface area contributed by atoms with Crippen LogP contribution in [0, 0.1) is 5.92 Å². The van der Waals surface area contributed by atoms with Gasteiger partial charge in [-0.05, 0) is 29.9 Å². The van der Waals surface area contributed by atoms with Crippen LogP contribution in [0.2, 0.25) is 0 Å². The average Bonchev–Trinajstić information content (AvgIpc) is 2.89. The Kier molecular flexibility index (Phi) is 5.94. The summed E-state index contributed by atoms with van der Waals surface area (Å²) in [6, 6.07) is 6.26. The fourth-order valence-corrected chi connectivity index (χ4v) is 3.08. The summed E-state index contributed by atoms with van der Waals surface area (Å²) in [5.74, 6) is 0.300. The number of benzene rings is 1. The number of halogens is 2. The molecule has 0 radical (unpaired) electrons. The van der Waals surface area contributed by atoms with Gasteiger partial charge in [0.05, 0.1) is 5.57 Å². The number of hydrazine groups is 1. The Morgan fingerprint density at radius 3 is 2.58 bits per heavy atom. The maximum Gasteiger partial charge on any atom is 0.259 e. The summed E-state index contributed by atoms with van der Waals surface area (Å²) >= 11 is 0. The van der Waals surface area contributed by atoms with Gasteiger partial charge >= 0.3 is 0 Å². The first-order chi connectivity index (χ1) is 11.3. The van der Waals surface area contributed by atoms with Crippen molar-refractivity contribution in [1.29, 1.82) is 0 Å². The Bertz CT molecular complexity index is 616. The minimum atomic E-state index is -2.65. The zero-order chi connectivity index (χ0) is 17.9. The molecule has 1 aliphatic rings. The highest BCUT2D eigenvalue weighted by molar-refractivity contribution is 6.05. The molecule has 132 valence electrons. The van der Waals surface area contributed by atoms with Gasteiger partial charge in [-0.15, -0.1) is 0 Å². The summed E-state index contributed by atoms with van der Waals surface area (Å²) in [5, 5.41) is 4.19. The van der Waals surface area contributed by atoms with Crippen molar-refractivity contribution < 1.29 is 13.6 Å². The quantitative estimate of drug-likeness (QED) is 0.831. The predicted molar refractivity (Wildman–Crippen MR) is 91.7 cm³/mol. The van der Waals surface area contributed by atoms with Crippen molar-refractivity contribution >= 4 is 11.6 Å². The van der Waals surface area contributed by atoms with Crippen LogP contribution in [0.25, 0.3) is 0 Å². The minimum absolute atomic E-state index is 0.0406. The van der Waals surface area contributed by atoms with E-state index in [0.29, 0.717) is 11.6 Å². The van der Waals surface area contributed by atoms with Gasteiger partial charge in [-0.2, -0.15) is 0 Å². The molecule has 4 nitrogen and oxygen atoms in total. The molecule has 0 spiro atoms. The van der Waals surface area contributed by atoms with Gasteiger partial charge in [-0.25, -0.2) is 14.2 Å². The van der Waals surface area contributed by atoms with E-state index in [2.05, 4.69) is 31.5 Å². The highest BCUT2D eigenvalue weighted by Crippen LogP contribution is 2.30. The monoisotopic (exact) mass is 337 g/mol. The van der Waals surface area contributed by atoms with Gasteiger partial charge in [0.25, 0.3) is 12.3 Å². The zero-order valence-corrected chi connectivity index (χ0v) is 14.5. The Balaban J connectivity index is 2.19. The molecule has 0 saturated carbocycles. The molecule has 0 aliphatic carbocycles. The number of amides is 1. The molecule has 2 unspecified atom stereocenters. The summed E-state index contributed by atoms with van der Waals surface area (Å²) < 4.78 is 26.2. The van der Waals surface area contributed by atoms with E-state index in [1.54, 1.807) is 7.05 Å². The molecular weight excluding hydrogens is 312 g/mol. The van der Waals surface area contributed by atoms with E-state index in [-0.39, 0.29) is 11.5 Å². The molecule has 2 atom stereocenters. The molecule has 0 bridgehead atoms. The molecular formula is C18H25F2N3O. The van der Waals surface area contributed by atoms with Crippen LogP contribution in [-0.4, -0.2) is 30.4 Å². The first-order valence-corrected chi connectivity index (χ1v) is 8.18. The van der Waals surface area contributed by atoms with E-state index in [1.807, 2.05) is 24.3 Å². The summed E-state index contributed by atoms with van der Waals surface area (Å²) in [7, 11) is 1.59. The van der Waals surface area contributed by atoms with Crippen LogP contribution in [0.5, 0.6) is 0 Å². The molecule has 1 heterocycles. The van der Waals surface area contributed by atoms with Gasteiger partial charge in [0.15, 0.2) is 0 Å². The number of alkyl halides is 2. The zero-order valence-electron chi connectivity index (χ0n) is 14.5. The molecule has 0 fully saturated rings. The number of anilines is 1. The highest BCUT2D eigenvalue weighted by atomic mass is 19.3. The van der Waals surface area contributed by atoms with Crippen molar-refractivity contribution in [3.8, 4) is 0 Å². The minimum Gasteiger partial charge on any atom is -0.322 e. The third-order valence-corrected chi connectivity index (χ3v) is 4.09. The lowest BCUT2D eigenvalue weighted by molar-refractivity contribution is -0.113. The first kappa shape index (κ1) is 18.4. The van der Waals surface area contributed by atoms with Crippen molar-refractivity contribution in [1.82, 2.24) is 10.4 Å². The van der Waals surface area contributed by atoms with E-state index in [0.717, 1.165) is 12.0 Å². The maximum atomic E-state index is 13.1. The largest absolute Gasteiger partial charge is 0.322 e. The van der Waals surface area contributed by atoms with Crippen LogP contribution in [0.1, 0.15) is 38.7 Å². The van der Waals surface area contributed by atoms with E-state index in [4.69, 9.17) is 0 Å². The van der Waals surface area contributed by atoms with Gasteiger partial charge in [0.1, 0.15) is 6.04 Å². The molecule has 1 aliphatic heterocycles. The van der Waals surface area contributed by atoms with Crippen LogP contribution in [0.3, 0.4) is 0 Å². The van der Waals surface area contributed by atoms with E-state index in [9.17, 15) is 13.6 Å². The van der Waals surface area contributed by atoms with Gasteiger partial charge in [-0.3, -0.25) is 4.79 Å². The van der Waals surface area contributed by atoms with Crippen molar-refractivity contribution in [2.75, 3.05) is 12.4 Å². The number of hydrogen-bond acceptors (Lipinski definition) is 3. The Morgan fingerprint density at radius 1 is 1.29 bits per heavy atom. The second-order valence-corrected chi connectivity index (χ2v) is 6.71. The third-order valence-electron chi connectivity index (χ3n) is 4.09. The number of rotatable bonds is 6. The number of nitrogens with one attached hydrogen (secondary N) is 2. The summed E-state index contributed by atoms with van der Waals surface area (Å²) in [5.41, 5.74) is 4.31. The fourth-order valence-electron chi connectivity index (χ4n) is 3.08.